The molecule has 0 spiro atoms. The second-order valence-corrected chi connectivity index (χ2v) is 7.88. The lowest BCUT2D eigenvalue weighted by molar-refractivity contribution is -0.134. The highest BCUT2D eigenvalue weighted by Gasteiger charge is 2.28. The van der Waals surface area contributed by atoms with Crippen molar-refractivity contribution in [3.8, 4) is 11.4 Å². The van der Waals surface area contributed by atoms with Crippen LogP contribution in [0.3, 0.4) is 0 Å². The largest absolute Gasteiger partial charge is 0.340 e. The third-order valence-electron chi connectivity index (χ3n) is 5.87. The first-order valence-electron chi connectivity index (χ1n) is 10.2. The predicted molar refractivity (Wildman–Crippen MR) is 108 cm³/mol. The van der Waals surface area contributed by atoms with Crippen molar-refractivity contribution in [2.45, 2.75) is 39.2 Å². The topological polar surface area (TPSA) is 62.5 Å². The number of nitrogens with zero attached hydrogens (tertiary/aromatic N) is 4. The number of carbonyl (C=O) groups is 1. The molecule has 1 aromatic heterocycles. The fourth-order valence-electron chi connectivity index (χ4n) is 3.96. The Labute approximate surface area is 166 Å². The lowest BCUT2D eigenvalue weighted by Crippen LogP contribution is -2.49. The van der Waals surface area contributed by atoms with E-state index in [0.29, 0.717) is 24.1 Å². The van der Waals surface area contributed by atoms with Gasteiger partial charge in [0.2, 0.25) is 17.6 Å². The van der Waals surface area contributed by atoms with Crippen LogP contribution >= 0.6 is 0 Å². The Bertz CT molecular complexity index is 834. The molecule has 1 aliphatic carbocycles. The summed E-state index contributed by atoms with van der Waals surface area (Å²) < 4.78 is 5.54. The Morgan fingerprint density at radius 1 is 1.21 bits per heavy atom. The Morgan fingerprint density at radius 3 is 2.64 bits per heavy atom. The zero-order valence-corrected chi connectivity index (χ0v) is 16.7. The Morgan fingerprint density at radius 2 is 1.96 bits per heavy atom. The van der Waals surface area contributed by atoms with Crippen LogP contribution in [0.15, 0.2) is 40.9 Å². The molecule has 6 nitrogen and oxygen atoms in total. The highest BCUT2D eigenvalue weighted by Crippen LogP contribution is 2.25. The van der Waals surface area contributed by atoms with Crippen LogP contribution in [0.25, 0.3) is 11.4 Å². The first-order chi connectivity index (χ1) is 13.6. The van der Waals surface area contributed by atoms with E-state index < -0.39 is 0 Å². The average molecular weight is 380 g/mol. The first kappa shape index (κ1) is 18.9. The van der Waals surface area contributed by atoms with Gasteiger partial charge in [0, 0.05) is 38.2 Å². The number of allylic oxidation sites excluding steroid dienone is 2. The molecule has 2 heterocycles. The number of benzene rings is 1. The molecular weight excluding hydrogens is 352 g/mol. The van der Waals surface area contributed by atoms with Crippen molar-refractivity contribution >= 4 is 5.91 Å². The molecule has 1 amide bonds. The molecule has 148 valence electrons. The molecule has 1 fully saturated rings. The molecular formula is C22H28N4O2. The smallest absolute Gasteiger partial charge is 0.244 e. The number of hydrogen-bond donors (Lipinski definition) is 0. The summed E-state index contributed by atoms with van der Waals surface area (Å²) in [7, 11) is 0. The fourth-order valence-corrected chi connectivity index (χ4v) is 3.96. The fraction of sp³-hybridized carbons (Fsp3) is 0.500. The average Bonchev–Trinajstić information content (AvgIpc) is 3.40. The number of amides is 1. The van der Waals surface area contributed by atoms with E-state index in [0.717, 1.165) is 44.6 Å². The van der Waals surface area contributed by atoms with Crippen molar-refractivity contribution < 1.29 is 9.32 Å². The third kappa shape index (κ3) is 4.17. The molecule has 0 radical (unpaired) electrons. The molecule has 2 aliphatic rings. The van der Waals surface area contributed by atoms with Crippen molar-refractivity contribution in [1.82, 2.24) is 19.9 Å². The molecule has 0 bridgehead atoms. The number of aromatic nitrogens is 2. The number of rotatable bonds is 5. The van der Waals surface area contributed by atoms with Gasteiger partial charge < -0.3 is 9.42 Å². The molecule has 28 heavy (non-hydrogen) atoms. The summed E-state index contributed by atoms with van der Waals surface area (Å²) in [5, 5.41) is 4.15. The lowest BCUT2D eigenvalue weighted by Gasteiger charge is -2.37. The number of carbonyl (C=O) groups excluding carboxylic acids is 1. The van der Waals surface area contributed by atoms with Gasteiger partial charge in [0.05, 0.1) is 6.04 Å². The first-order valence-corrected chi connectivity index (χ1v) is 10.2. The lowest BCUT2D eigenvalue weighted by atomic mass is 10.0. The maximum absolute atomic E-state index is 12.5. The van der Waals surface area contributed by atoms with Gasteiger partial charge in [0.1, 0.15) is 0 Å². The maximum Gasteiger partial charge on any atom is 0.244 e. The van der Waals surface area contributed by atoms with E-state index in [-0.39, 0.29) is 11.9 Å². The van der Waals surface area contributed by atoms with E-state index >= 15 is 0 Å². The van der Waals surface area contributed by atoms with Crippen LogP contribution < -0.4 is 0 Å². The summed E-state index contributed by atoms with van der Waals surface area (Å²) in [5.41, 5.74) is 2.17. The van der Waals surface area contributed by atoms with E-state index in [9.17, 15) is 4.79 Å². The highest BCUT2D eigenvalue weighted by atomic mass is 16.5. The van der Waals surface area contributed by atoms with Crippen LogP contribution in [0.5, 0.6) is 0 Å². The summed E-state index contributed by atoms with van der Waals surface area (Å²) in [6.45, 7) is 7.33. The Hall–Kier alpha value is -2.47. The summed E-state index contributed by atoms with van der Waals surface area (Å²) in [5.74, 6) is 1.97. The van der Waals surface area contributed by atoms with E-state index in [1.807, 2.05) is 29.2 Å². The van der Waals surface area contributed by atoms with Crippen molar-refractivity contribution in [2.24, 2.45) is 5.92 Å². The monoisotopic (exact) mass is 380 g/mol. The van der Waals surface area contributed by atoms with Gasteiger partial charge in [-0.15, -0.1) is 0 Å². The maximum atomic E-state index is 12.5. The summed E-state index contributed by atoms with van der Waals surface area (Å²) in [6.07, 6.45) is 7.25. The van der Waals surface area contributed by atoms with Crippen LogP contribution in [0.1, 0.15) is 43.7 Å². The van der Waals surface area contributed by atoms with Crippen LogP contribution in [0.2, 0.25) is 0 Å². The van der Waals surface area contributed by atoms with E-state index in [1.165, 1.54) is 5.56 Å². The van der Waals surface area contributed by atoms with Crippen molar-refractivity contribution in [2.75, 3.05) is 26.2 Å². The summed E-state index contributed by atoms with van der Waals surface area (Å²) in [6, 6.07) is 8.16. The Balaban J connectivity index is 1.32. The minimum atomic E-state index is 0.0433. The molecule has 6 heteroatoms. The Kier molecular flexibility index (Phi) is 5.57. The summed E-state index contributed by atoms with van der Waals surface area (Å²) in [4.78, 5) is 21.4. The molecule has 2 atom stereocenters. The van der Waals surface area contributed by atoms with Gasteiger partial charge in [0.15, 0.2) is 0 Å². The van der Waals surface area contributed by atoms with Crippen molar-refractivity contribution in [3.63, 3.8) is 0 Å². The molecule has 1 aromatic carbocycles. The van der Waals surface area contributed by atoms with Gasteiger partial charge in [-0.1, -0.05) is 47.1 Å². The van der Waals surface area contributed by atoms with Crippen LogP contribution in [0, 0.1) is 12.8 Å². The minimum absolute atomic E-state index is 0.0433. The van der Waals surface area contributed by atoms with Gasteiger partial charge >= 0.3 is 0 Å². The van der Waals surface area contributed by atoms with Crippen molar-refractivity contribution in [1.29, 1.82) is 0 Å². The van der Waals surface area contributed by atoms with E-state index in [2.05, 4.69) is 41.0 Å². The second-order valence-electron chi connectivity index (χ2n) is 7.88. The molecule has 0 saturated carbocycles. The molecule has 1 aliphatic heterocycles. The van der Waals surface area contributed by atoms with Gasteiger partial charge in [-0.3, -0.25) is 9.69 Å². The van der Waals surface area contributed by atoms with Gasteiger partial charge in [-0.2, -0.15) is 4.98 Å². The molecule has 2 aromatic rings. The summed E-state index contributed by atoms with van der Waals surface area (Å²) >= 11 is 0. The third-order valence-corrected chi connectivity index (χ3v) is 5.87. The SMILES string of the molecule is Cc1ccc(-c2noc(C(C)N3CCN(C(=O)CC4C=CCC4)CC3)n2)cc1. The van der Waals surface area contributed by atoms with Crippen LogP contribution in [-0.4, -0.2) is 52.0 Å². The normalized spacial score (nSPS) is 21.2. The highest BCUT2D eigenvalue weighted by molar-refractivity contribution is 5.76. The number of piperazine rings is 1. The predicted octanol–water partition coefficient (Wildman–Crippen LogP) is 3.61. The quantitative estimate of drug-likeness (QED) is 0.742. The van der Waals surface area contributed by atoms with Gasteiger partial charge in [-0.25, -0.2) is 0 Å². The molecule has 4 rings (SSSR count). The number of hydrogen-bond acceptors (Lipinski definition) is 5. The van der Waals surface area contributed by atoms with Crippen molar-refractivity contribution in [3.05, 3.63) is 47.9 Å². The molecule has 0 N–H and O–H groups in total. The van der Waals surface area contributed by atoms with Gasteiger partial charge in [0.25, 0.3) is 0 Å². The molecule has 2 unspecified atom stereocenters. The standard InChI is InChI=1S/C22H28N4O2/c1-16-7-9-19(10-8-16)21-23-22(28-24-21)17(2)25-11-13-26(14-12-25)20(27)15-18-5-3-4-6-18/h3,5,7-10,17-18H,4,6,11-15H2,1-2H3. The van der Waals surface area contributed by atoms with Gasteiger partial charge in [-0.05, 0) is 32.6 Å². The zero-order chi connectivity index (χ0) is 19.5. The second kappa shape index (κ2) is 8.27. The van der Waals surface area contributed by atoms with Crippen LogP contribution in [-0.2, 0) is 4.79 Å². The number of aryl methyl sites for hydroxylation is 1. The van der Waals surface area contributed by atoms with E-state index in [1.54, 1.807) is 0 Å². The van der Waals surface area contributed by atoms with E-state index in [4.69, 9.17) is 4.52 Å². The molecule has 1 saturated heterocycles. The van der Waals surface area contributed by atoms with Crippen LogP contribution in [0.4, 0.5) is 0 Å². The minimum Gasteiger partial charge on any atom is -0.340 e. The zero-order valence-electron chi connectivity index (χ0n) is 16.7.